The third kappa shape index (κ3) is 3.80. The van der Waals surface area contributed by atoms with Gasteiger partial charge in [0.15, 0.2) is 5.65 Å². The molecule has 0 aliphatic heterocycles. The van der Waals surface area contributed by atoms with Crippen molar-refractivity contribution in [2.75, 3.05) is 0 Å². The second-order valence-corrected chi connectivity index (χ2v) is 7.65. The Morgan fingerprint density at radius 2 is 2.00 bits per heavy atom. The first-order valence-corrected chi connectivity index (χ1v) is 9.95. The molecule has 0 spiro atoms. The lowest BCUT2D eigenvalue weighted by molar-refractivity contribution is 0.603. The molecule has 3 rings (SSSR count). The number of rotatable bonds is 6. The van der Waals surface area contributed by atoms with Gasteiger partial charge in [-0.05, 0) is 18.1 Å². The number of nitrogens with zero attached hydrogens (tertiary/aromatic N) is 5. The zero-order valence-electron chi connectivity index (χ0n) is 16.0. The highest BCUT2D eigenvalue weighted by Crippen LogP contribution is 2.27. The Balaban J connectivity index is 2.24. The molecule has 0 saturated carbocycles. The van der Waals surface area contributed by atoms with Crippen LogP contribution in [0.15, 0.2) is 39.1 Å². The highest BCUT2D eigenvalue weighted by Gasteiger charge is 2.19. The van der Waals surface area contributed by atoms with Gasteiger partial charge in [0.2, 0.25) is 0 Å². The van der Waals surface area contributed by atoms with E-state index in [0.717, 1.165) is 16.6 Å². The predicted molar refractivity (Wildman–Crippen MR) is 107 cm³/mol. The first-order chi connectivity index (χ1) is 12.9. The van der Waals surface area contributed by atoms with Crippen molar-refractivity contribution in [3.63, 3.8) is 0 Å². The number of aryl methyl sites for hydroxylation is 1. The lowest BCUT2D eigenvalue weighted by Gasteiger charge is -2.15. The highest BCUT2D eigenvalue weighted by molar-refractivity contribution is 7.98. The minimum absolute atomic E-state index is 0.0846. The Labute approximate surface area is 161 Å². The molecular weight excluding hydrogens is 362 g/mol. The minimum Gasteiger partial charge on any atom is -0.277 e. The van der Waals surface area contributed by atoms with Gasteiger partial charge in [-0.3, -0.25) is 18.9 Å². The second-order valence-electron chi connectivity index (χ2n) is 6.69. The summed E-state index contributed by atoms with van der Waals surface area (Å²) >= 11 is 1.47. The fourth-order valence-corrected chi connectivity index (χ4v) is 3.73. The molecule has 0 N–H and O–H groups in total. The van der Waals surface area contributed by atoms with E-state index < -0.39 is 0 Å². The summed E-state index contributed by atoms with van der Waals surface area (Å²) in [6.07, 6.45) is 4.29. The molecule has 0 saturated heterocycles. The van der Waals surface area contributed by atoms with Crippen LogP contribution in [0, 0.1) is 0 Å². The van der Waals surface area contributed by atoms with Gasteiger partial charge in [0, 0.05) is 37.7 Å². The molecule has 3 heterocycles. The van der Waals surface area contributed by atoms with Crippen molar-refractivity contribution in [1.82, 2.24) is 24.1 Å². The molecule has 3 aromatic rings. The number of fused-ring (bicyclic) bond motifs is 1. The summed E-state index contributed by atoms with van der Waals surface area (Å²) in [5, 5.41) is 1.02. The van der Waals surface area contributed by atoms with Gasteiger partial charge in [0.05, 0.1) is 0 Å². The van der Waals surface area contributed by atoms with Crippen molar-refractivity contribution < 1.29 is 0 Å². The van der Waals surface area contributed by atoms with Crippen LogP contribution in [0.3, 0.4) is 0 Å². The van der Waals surface area contributed by atoms with E-state index in [0.29, 0.717) is 34.2 Å². The average molecular weight is 385 g/mol. The van der Waals surface area contributed by atoms with Crippen molar-refractivity contribution in [3.8, 4) is 0 Å². The van der Waals surface area contributed by atoms with Crippen LogP contribution in [0.25, 0.3) is 11.0 Å². The van der Waals surface area contributed by atoms with Crippen LogP contribution in [0.2, 0.25) is 0 Å². The molecule has 0 aliphatic rings. The lowest BCUT2D eigenvalue weighted by Crippen LogP contribution is -2.39. The van der Waals surface area contributed by atoms with Crippen molar-refractivity contribution in [2.24, 2.45) is 7.05 Å². The summed E-state index contributed by atoms with van der Waals surface area (Å²) in [5.74, 6) is 1.35. The minimum atomic E-state index is -0.355. The molecule has 3 aromatic heterocycles. The Morgan fingerprint density at radius 3 is 2.63 bits per heavy atom. The van der Waals surface area contributed by atoms with E-state index in [-0.39, 0.29) is 17.2 Å². The average Bonchev–Trinajstić information content (AvgIpc) is 2.68. The van der Waals surface area contributed by atoms with Gasteiger partial charge in [-0.15, -0.1) is 11.8 Å². The quantitative estimate of drug-likeness (QED) is 0.479. The van der Waals surface area contributed by atoms with Crippen LogP contribution < -0.4 is 11.2 Å². The Hall–Kier alpha value is -2.48. The molecule has 0 fully saturated rings. The molecular formula is C19H23N5O2S. The summed E-state index contributed by atoms with van der Waals surface area (Å²) in [5.41, 5.74) is 0.772. The van der Waals surface area contributed by atoms with E-state index in [1.807, 2.05) is 32.9 Å². The zero-order valence-corrected chi connectivity index (χ0v) is 16.8. The van der Waals surface area contributed by atoms with Gasteiger partial charge in [-0.1, -0.05) is 26.8 Å². The molecule has 0 aromatic carbocycles. The summed E-state index contributed by atoms with van der Waals surface area (Å²) in [6, 6.07) is 3.86. The van der Waals surface area contributed by atoms with Crippen LogP contribution in [-0.2, 0) is 19.3 Å². The summed E-state index contributed by atoms with van der Waals surface area (Å²) in [4.78, 5) is 38.8. The molecule has 0 unspecified atom stereocenters. The van der Waals surface area contributed by atoms with Crippen LogP contribution in [0.1, 0.15) is 44.5 Å². The van der Waals surface area contributed by atoms with Crippen molar-refractivity contribution in [3.05, 3.63) is 56.8 Å². The van der Waals surface area contributed by atoms with E-state index in [1.165, 1.54) is 18.8 Å². The summed E-state index contributed by atoms with van der Waals surface area (Å²) < 4.78 is 2.73. The molecule has 0 amide bonds. The highest BCUT2D eigenvalue weighted by atomic mass is 32.2. The third-order valence-corrected chi connectivity index (χ3v) is 5.27. The van der Waals surface area contributed by atoms with Gasteiger partial charge in [-0.25, -0.2) is 14.8 Å². The molecule has 7 nitrogen and oxygen atoms in total. The van der Waals surface area contributed by atoms with Crippen LogP contribution in [-0.4, -0.2) is 24.1 Å². The maximum absolute atomic E-state index is 12.9. The SMILES string of the molecule is CCCn1c(=O)n(C)c(=O)c2c(SCc3cccnc3)nc(C(C)C)nc21. The number of hydrogen-bond acceptors (Lipinski definition) is 6. The largest absolute Gasteiger partial charge is 0.332 e. The van der Waals surface area contributed by atoms with Crippen LogP contribution >= 0.6 is 11.8 Å². The summed E-state index contributed by atoms with van der Waals surface area (Å²) in [7, 11) is 1.50. The van der Waals surface area contributed by atoms with Crippen molar-refractivity contribution in [1.29, 1.82) is 0 Å². The van der Waals surface area contributed by atoms with Gasteiger partial charge >= 0.3 is 5.69 Å². The van der Waals surface area contributed by atoms with Crippen molar-refractivity contribution >= 4 is 22.8 Å². The maximum Gasteiger partial charge on any atom is 0.332 e. The van der Waals surface area contributed by atoms with E-state index in [4.69, 9.17) is 0 Å². The van der Waals surface area contributed by atoms with Crippen molar-refractivity contribution in [2.45, 2.75) is 50.4 Å². The van der Waals surface area contributed by atoms with Gasteiger partial charge in [0.25, 0.3) is 5.56 Å². The van der Waals surface area contributed by atoms with Crippen LogP contribution in [0.4, 0.5) is 0 Å². The molecule has 0 bridgehead atoms. The maximum atomic E-state index is 12.9. The summed E-state index contributed by atoms with van der Waals surface area (Å²) in [6.45, 7) is 6.50. The first-order valence-electron chi connectivity index (χ1n) is 8.97. The molecule has 0 radical (unpaired) electrons. The molecule has 8 heteroatoms. The fraction of sp³-hybridized carbons (Fsp3) is 0.421. The third-order valence-electron chi connectivity index (χ3n) is 4.23. The van der Waals surface area contributed by atoms with Crippen LogP contribution in [0.5, 0.6) is 0 Å². The van der Waals surface area contributed by atoms with E-state index >= 15 is 0 Å². The Morgan fingerprint density at radius 1 is 1.22 bits per heavy atom. The van der Waals surface area contributed by atoms with Gasteiger partial charge in [0.1, 0.15) is 16.2 Å². The predicted octanol–water partition coefficient (Wildman–Crippen LogP) is 2.71. The standard InChI is InChI=1S/C19H23N5O2S/c1-5-9-24-16-14(18(25)23(4)19(24)26)17(22-15(21-16)12(2)3)27-11-13-7-6-8-20-10-13/h6-8,10,12H,5,9,11H2,1-4H3. The Kier molecular flexibility index (Phi) is 5.74. The number of aromatic nitrogens is 5. The smallest absolute Gasteiger partial charge is 0.277 e. The topological polar surface area (TPSA) is 82.7 Å². The Bertz CT molecular complexity index is 1070. The molecule has 27 heavy (non-hydrogen) atoms. The molecule has 0 atom stereocenters. The zero-order chi connectivity index (χ0) is 19.6. The fourth-order valence-electron chi connectivity index (χ4n) is 2.78. The number of pyridine rings is 1. The number of thioether (sulfide) groups is 1. The molecule has 0 aliphatic carbocycles. The first kappa shape index (κ1) is 19.3. The van der Waals surface area contributed by atoms with Gasteiger partial charge in [-0.2, -0.15) is 0 Å². The van der Waals surface area contributed by atoms with E-state index in [1.54, 1.807) is 17.0 Å². The van der Waals surface area contributed by atoms with Gasteiger partial charge < -0.3 is 0 Å². The lowest BCUT2D eigenvalue weighted by atomic mass is 10.2. The monoisotopic (exact) mass is 385 g/mol. The van der Waals surface area contributed by atoms with E-state index in [9.17, 15) is 9.59 Å². The second kappa shape index (κ2) is 8.04. The van der Waals surface area contributed by atoms with E-state index in [2.05, 4.69) is 15.0 Å². The molecule has 142 valence electrons. The normalized spacial score (nSPS) is 11.4. The number of hydrogen-bond donors (Lipinski definition) is 0.